The number of hydrazone groups is 1. The second-order valence-electron chi connectivity index (χ2n) is 4.43. The summed E-state index contributed by atoms with van der Waals surface area (Å²) < 4.78 is 0. The van der Waals surface area contributed by atoms with Crippen LogP contribution < -0.4 is 22.6 Å². The van der Waals surface area contributed by atoms with Gasteiger partial charge in [0.15, 0.2) is 5.84 Å². The van der Waals surface area contributed by atoms with Crippen LogP contribution in [0.4, 0.5) is 5.69 Å². The number of allylic oxidation sites excluding steroid dienone is 1. The Hall–Kier alpha value is -3.20. The highest BCUT2D eigenvalue weighted by atomic mass is 16.1. The molecule has 0 aliphatic rings. The second-order valence-corrected chi connectivity index (χ2v) is 4.43. The largest absolute Gasteiger partial charge is 0.382 e. The number of nitrogens with two attached hydrogens (primary N) is 3. The van der Waals surface area contributed by atoms with E-state index in [1.54, 1.807) is 24.3 Å². The van der Waals surface area contributed by atoms with Gasteiger partial charge in [-0.25, -0.2) is 11.0 Å². The number of nitrogens with one attached hydrogen (secondary N) is 3. The van der Waals surface area contributed by atoms with E-state index in [4.69, 9.17) is 28.1 Å². The van der Waals surface area contributed by atoms with Crippen LogP contribution in [0.25, 0.3) is 0 Å². The fourth-order valence-corrected chi connectivity index (χ4v) is 1.57. The minimum atomic E-state index is -0.790. The van der Waals surface area contributed by atoms with Crippen LogP contribution >= 0.6 is 0 Å². The number of anilines is 1. The van der Waals surface area contributed by atoms with Crippen molar-refractivity contribution in [2.45, 2.75) is 6.92 Å². The molecule has 0 radical (unpaired) electrons. The molecule has 23 heavy (non-hydrogen) atoms. The molecule has 0 aliphatic carbocycles. The van der Waals surface area contributed by atoms with Crippen molar-refractivity contribution in [3.8, 4) is 0 Å². The van der Waals surface area contributed by atoms with Crippen molar-refractivity contribution in [3.05, 3.63) is 41.5 Å². The van der Waals surface area contributed by atoms with Gasteiger partial charge in [0, 0.05) is 17.5 Å². The van der Waals surface area contributed by atoms with E-state index >= 15 is 0 Å². The van der Waals surface area contributed by atoms with Gasteiger partial charge in [-0.1, -0.05) is 0 Å². The third-order valence-corrected chi connectivity index (χ3v) is 2.79. The number of carbonyl (C=O) groups is 1. The number of hydrazine groups is 1. The van der Waals surface area contributed by atoms with E-state index in [1.165, 1.54) is 5.12 Å². The molecule has 0 unspecified atom stereocenters. The Labute approximate surface area is 133 Å². The molecule has 0 heterocycles. The molecule has 1 rings (SSSR count). The van der Waals surface area contributed by atoms with E-state index in [0.29, 0.717) is 17.8 Å². The van der Waals surface area contributed by atoms with Gasteiger partial charge in [-0.15, -0.1) is 5.10 Å². The average molecular weight is 316 g/mol. The maximum absolute atomic E-state index is 11.2. The minimum absolute atomic E-state index is 0.0909. The van der Waals surface area contributed by atoms with Crippen molar-refractivity contribution in [2.24, 2.45) is 22.4 Å². The van der Waals surface area contributed by atoms with Gasteiger partial charge in [-0.3, -0.25) is 10.2 Å². The van der Waals surface area contributed by atoms with Gasteiger partial charge in [0.05, 0.1) is 12.1 Å². The van der Waals surface area contributed by atoms with Crippen molar-refractivity contribution < 1.29 is 4.79 Å². The maximum Gasteiger partial charge on any atom is 0.252 e. The third-order valence-electron chi connectivity index (χ3n) is 2.79. The van der Waals surface area contributed by atoms with Crippen LogP contribution in [0.1, 0.15) is 12.5 Å². The fourth-order valence-electron chi connectivity index (χ4n) is 1.57. The molecular formula is C14H20N8O. The molecule has 9 nitrogen and oxygen atoms in total. The summed E-state index contributed by atoms with van der Waals surface area (Å²) >= 11 is 0. The zero-order valence-corrected chi connectivity index (χ0v) is 12.7. The van der Waals surface area contributed by atoms with E-state index in [1.807, 2.05) is 6.92 Å². The normalized spacial score (nSPS) is 11.7. The standard InChI is InChI=1S/C14H20N8O/c1-2-22(19)21-12(16)9-3-5-10(6-4-9)20-13(17)11(7-8-15)14(18)23/h3-8,15H,2,19H2,1H3,(H2,16,21)(H2,17,20)(H2,18,23)/b11-7-,15-8?. The van der Waals surface area contributed by atoms with E-state index in [2.05, 4.69) is 10.4 Å². The Bertz CT molecular complexity index is 647. The molecule has 0 bridgehead atoms. The SMILES string of the molecule is CCN(N)/N=C(\N)c1ccc(NC(=N)/C(=C/C=N)C(N)=O)cc1. The van der Waals surface area contributed by atoms with Crippen LogP contribution in [0, 0.1) is 10.8 Å². The van der Waals surface area contributed by atoms with Gasteiger partial charge >= 0.3 is 0 Å². The molecule has 0 saturated carbocycles. The molecule has 1 aromatic carbocycles. The summed E-state index contributed by atoms with van der Waals surface area (Å²) in [5.41, 5.74) is 12.1. The van der Waals surface area contributed by atoms with Gasteiger partial charge < -0.3 is 22.2 Å². The monoisotopic (exact) mass is 316 g/mol. The average Bonchev–Trinajstić information content (AvgIpc) is 2.52. The van der Waals surface area contributed by atoms with Crippen molar-refractivity contribution in [2.75, 3.05) is 11.9 Å². The minimum Gasteiger partial charge on any atom is -0.382 e. The summed E-state index contributed by atoms with van der Waals surface area (Å²) in [6.07, 6.45) is 2.04. The summed E-state index contributed by atoms with van der Waals surface area (Å²) in [4.78, 5) is 11.2. The number of benzene rings is 1. The Morgan fingerprint density at radius 2 is 1.96 bits per heavy atom. The van der Waals surface area contributed by atoms with Crippen LogP contribution in [0.15, 0.2) is 41.0 Å². The Balaban J connectivity index is 2.87. The molecule has 0 aromatic heterocycles. The van der Waals surface area contributed by atoms with Gasteiger partial charge in [0.2, 0.25) is 0 Å². The molecule has 9 N–H and O–H groups in total. The number of hydrogen-bond donors (Lipinski definition) is 6. The van der Waals surface area contributed by atoms with Crippen LogP contribution in [0.5, 0.6) is 0 Å². The Morgan fingerprint density at radius 1 is 1.35 bits per heavy atom. The van der Waals surface area contributed by atoms with Gasteiger partial charge in [0.1, 0.15) is 5.84 Å². The lowest BCUT2D eigenvalue weighted by Gasteiger charge is -2.11. The van der Waals surface area contributed by atoms with Crippen molar-refractivity contribution >= 4 is 29.5 Å². The van der Waals surface area contributed by atoms with E-state index in [9.17, 15) is 4.79 Å². The van der Waals surface area contributed by atoms with Crippen molar-refractivity contribution in [1.29, 1.82) is 10.8 Å². The predicted molar refractivity (Wildman–Crippen MR) is 91.1 cm³/mol. The smallest absolute Gasteiger partial charge is 0.252 e. The molecule has 0 fully saturated rings. The summed E-state index contributed by atoms with van der Waals surface area (Å²) in [6.45, 7) is 2.36. The Kier molecular flexibility index (Phi) is 6.44. The number of hydrogen-bond acceptors (Lipinski definition) is 6. The summed E-state index contributed by atoms with van der Waals surface area (Å²) in [5, 5.41) is 22.7. The molecule has 0 saturated heterocycles. The third kappa shape index (κ3) is 5.25. The molecule has 9 heteroatoms. The zero-order chi connectivity index (χ0) is 17.4. The predicted octanol–water partition coefficient (Wildman–Crippen LogP) is -0.0471. The lowest BCUT2D eigenvalue weighted by molar-refractivity contribution is -0.114. The highest BCUT2D eigenvalue weighted by Crippen LogP contribution is 2.11. The molecular weight excluding hydrogens is 296 g/mol. The summed E-state index contributed by atoms with van der Waals surface area (Å²) in [7, 11) is 0. The topological polar surface area (TPSA) is 170 Å². The molecule has 0 aliphatic heterocycles. The first-order valence-electron chi connectivity index (χ1n) is 6.72. The lowest BCUT2D eigenvalue weighted by atomic mass is 10.1. The summed E-state index contributed by atoms with van der Waals surface area (Å²) in [6, 6.07) is 6.73. The Morgan fingerprint density at radius 3 is 2.43 bits per heavy atom. The van der Waals surface area contributed by atoms with Gasteiger partial charge in [-0.05, 0) is 37.3 Å². The van der Waals surface area contributed by atoms with Crippen molar-refractivity contribution in [3.63, 3.8) is 0 Å². The molecule has 1 aromatic rings. The maximum atomic E-state index is 11.2. The molecule has 122 valence electrons. The first-order chi connectivity index (χ1) is 10.9. The van der Waals surface area contributed by atoms with E-state index < -0.39 is 5.91 Å². The van der Waals surface area contributed by atoms with E-state index in [-0.39, 0.29) is 17.2 Å². The number of carbonyl (C=O) groups excluding carboxylic acids is 1. The zero-order valence-electron chi connectivity index (χ0n) is 12.7. The van der Waals surface area contributed by atoms with Crippen LogP contribution in [-0.2, 0) is 4.79 Å². The first kappa shape index (κ1) is 17.9. The second kappa shape index (κ2) is 8.29. The highest BCUT2D eigenvalue weighted by Gasteiger charge is 2.11. The number of amides is 1. The van der Waals surface area contributed by atoms with Crippen LogP contribution in [0.3, 0.4) is 0 Å². The number of nitrogens with zero attached hydrogens (tertiary/aromatic N) is 2. The highest BCUT2D eigenvalue weighted by molar-refractivity contribution is 6.25. The number of primary amides is 1. The molecule has 0 atom stereocenters. The quantitative estimate of drug-likeness (QED) is 0.136. The molecule has 0 spiro atoms. The lowest BCUT2D eigenvalue weighted by Crippen LogP contribution is -2.29. The first-order valence-corrected chi connectivity index (χ1v) is 6.72. The summed E-state index contributed by atoms with van der Waals surface area (Å²) in [5.74, 6) is 4.83. The van der Waals surface area contributed by atoms with Crippen molar-refractivity contribution in [1.82, 2.24) is 5.12 Å². The van der Waals surface area contributed by atoms with Crippen LogP contribution in [0.2, 0.25) is 0 Å². The van der Waals surface area contributed by atoms with E-state index in [0.717, 1.165) is 12.3 Å². The fraction of sp³-hybridized carbons (Fsp3) is 0.143. The number of amidine groups is 2. The van der Waals surface area contributed by atoms with Crippen LogP contribution in [-0.4, -0.2) is 35.5 Å². The number of rotatable bonds is 7. The van der Waals surface area contributed by atoms with Gasteiger partial charge in [0.25, 0.3) is 5.91 Å². The molecule has 1 amide bonds. The van der Waals surface area contributed by atoms with Gasteiger partial charge in [-0.2, -0.15) is 0 Å².